The molecule has 0 spiro atoms. The Labute approximate surface area is 115 Å². The molecule has 4 nitrogen and oxygen atoms in total. The van der Waals surface area contributed by atoms with Crippen LogP contribution in [0, 0.1) is 0 Å². The van der Waals surface area contributed by atoms with E-state index in [0.29, 0.717) is 18.5 Å². The van der Waals surface area contributed by atoms with E-state index < -0.39 is 0 Å². The van der Waals surface area contributed by atoms with Gasteiger partial charge in [-0.05, 0) is 32.6 Å². The number of guanidine groups is 1. The Bertz CT molecular complexity index is 260. The Morgan fingerprint density at radius 3 is 2.75 bits per heavy atom. The maximum atomic E-state index is 5.92. The summed E-state index contributed by atoms with van der Waals surface area (Å²) in [7, 11) is 2.02. The van der Waals surface area contributed by atoms with Crippen LogP contribution in [0.25, 0.3) is 0 Å². The monoisotopic (exact) mass is 339 g/mol. The highest BCUT2D eigenvalue weighted by molar-refractivity contribution is 14.0. The summed E-state index contributed by atoms with van der Waals surface area (Å²) in [6, 6.07) is 0.631. The van der Waals surface area contributed by atoms with Crippen LogP contribution in [-0.2, 0) is 4.74 Å². The van der Waals surface area contributed by atoms with E-state index in [1.165, 1.54) is 12.8 Å². The van der Waals surface area contributed by atoms with Crippen molar-refractivity contribution >= 4 is 29.9 Å². The molecule has 1 saturated carbocycles. The predicted molar refractivity (Wildman–Crippen MR) is 76.3 cm³/mol. The second-order valence-corrected chi connectivity index (χ2v) is 4.92. The van der Waals surface area contributed by atoms with Crippen LogP contribution in [0.15, 0.2) is 4.99 Å². The number of nitrogens with two attached hydrogens (primary N) is 1. The first-order valence-corrected chi connectivity index (χ1v) is 5.77. The minimum Gasteiger partial charge on any atom is -0.373 e. The summed E-state index contributed by atoms with van der Waals surface area (Å²) in [6.45, 7) is 3.67. The molecule has 1 aliphatic heterocycles. The zero-order valence-corrected chi connectivity index (χ0v) is 12.4. The largest absolute Gasteiger partial charge is 0.373 e. The first-order valence-electron chi connectivity index (χ1n) is 5.77. The lowest BCUT2D eigenvalue weighted by Gasteiger charge is -2.22. The maximum absolute atomic E-state index is 5.92. The smallest absolute Gasteiger partial charge is 0.191 e. The second-order valence-electron chi connectivity index (χ2n) is 4.92. The lowest BCUT2D eigenvalue weighted by atomic mass is 10.0. The molecule has 2 rings (SSSR count). The Balaban J connectivity index is 0.00000128. The van der Waals surface area contributed by atoms with Crippen LogP contribution >= 0.6 is 24.0 Å². The van der Waals surface area contributed by atoms with Gasteiger partial charge < -0.3 is 15.4 Å². The van der Waals surface area contributed by atoms with Crippen molar-refractivity contribution in [1.82, 2.24) is 4.90 Å². The number of aliphatic imine (C=N–C) groups is 1. The van der Waals surface area contributed by atoms with Crippen molar-refractivity contribution in [3.05, 3.63) is 0 Å². The third-order valence-electron chi connectivity index (χ3n) is 3.33. The molecule has 0 aromatic carbocycles. The number of ether oxygens (including phenoxy) is 1. The molecule has 0 bridgehead atoms. The topological polar surface area (TPSA) is 50.8 Å². The van der Waals surface area contributed by atoms with Crippen LogP contribution in [0.3, 0.4) is 0 Å². The summed E-state index contributed by atoms with van der Waals surface area (Å²) in [6.07, 6.45) is 4.74. The summed E-state index contributed by atoms with van der Waals surface area (Å²) >= 11 is 0. The average molecular weight is 339 g/mol. The minimum atomic E-state index is -0.0744. The molecule has 0 amide bonds. The average Bonchev–Trinajstić information content (AvgIpc) is 2.98. The number of rotatable bonds is 3. The molecule has 0 radical (unpaired) electrons. The lowest BCUT2D eigenvalue weighted by molar-refractivity contribution is 0.0282. The third kappa shape index (κ3) is 3.48. The van der Waals surface area contributed by atoms with Crippen LogP contribution < -0.4 is 5.73 Å². The van der Waals surface area contributed by atoms with Gasteiger partial charge in [0.2, 0.25) is 0 Å². The van der Waals surface area contributed by atoms with Crippen LogP contribution in [0.2, 0.25) is 0 Å². The highest BCUT2D eigenvalue weighted by Gasteiger charge is 2.31. The van der Waals surface area contributed by atoms with Gasteiger partial charge in [-0.2, -0.15) is 0 Å². The molecule has 94 valence electrons. The van der Waals surface area contributed by atoms with Crippen LogP contribution in [0.5, 0.6) is 0 Å². The molecule has 0 aromatic heterocycles. The van der Waals surface area contributed by atoms with Gasteiger partial charge in [-0.15, -0.1) is 24.0 Å². The number of hydrogen-bond donors (Lipinski definition) is 1. The van der Waals surface area contributed by atoms with Crippen LogP contribution in [0.1, 0.15) is 32.6 Å². The Hall–Kier alpha value is -0.0400. The fraction of sp³-hybridized carbons (Fsp3) is 0.909. The summed E-state index contributed by atoms with van der Waals surface area (Å²) in [5, 5.41) is 0. The lowest BCUT2D eigenvalue weighted by Crippen LogP contribution is -2.37. The molecular weight excluding hydrogens is 317 g/mol. The Morgan fingerprint density at radius 1 is 1.56 bits per heavy atom. The van der Waals surface area contributed by atoms with Gasteiger partial charge in [-0.3, -0.25) is 4.99 Å². The van der Waals surface area contributed by atoms with Crippen LogP contribution in [0.4, 0.5) is 0 Å². The second kappa shape index (κ2) is 5.53. The van der Waals surface area contributed by atoms with Crippen molar-refractivity contribution in [3.63, 3.8) is 0 Å². The SMILES string of the molecule is CN(C(N)=NCC1(C)CCCO1)C1CC1.I. The third-order valence-corrected chi connectivity index (χ3v) is 3.33. The molecular formula is C11H22IN3O. The van der Waals surface area contributed by atoms with Gasteiger partial charge in [0.1, 0.15) is 0 Å². The van der Waals surface area contributed by atoms with Crippen molar-refractivity contribution in [1.29, 1.82) is 0 Å². The van der Waals surface area contributed by atoms with Crippen LogP contribution in [-0.4, -0.2) is 42.7 Å². The van der Waals surface area contributed by atoms with Crippen molar-refractivity contribution < 1.29 is 4.74 Å². The van der Waals surface area contributed by atoms with E-state index >= 15 is 0 Å². The molecule has 2 aliphatic rings. The molecule has 1 saturated heterocycles. The first kappa shape index (κ1) is 14.0. The molecule has 5 heteroatoms. The summed E-state index contributed by atoms with van der Waals surface area (Å²) < 4.78 is 5.67. The Morgan fingerprint density at radius 2 is 2.25 bits per heavy atom. The molecule has 2 N–H and O–H groups in total. The first-order chi connectivity index (χ1) is 7.11. The molecule has 1 aliphatic carbocycles. The molecule has 0 aromatic rings. The molecule has 1 unspecified atom stereocenters. The Kier molecular flexibility index (Phi) is 4.85. The zero-order chi connectivity index (χ0) is 10.9. The molecule has 16 heavy (non-hydrogen) atoms. The molecule has 2 fully saturated rings. The van der Waals surface area contributed by atoms with E-state index in [2.05, 4.69) is 16.8 Å². The summed E-state index contributed by atoms with van der Waals surface area (Å²) in [5.41, 5.74) is 5.84. The van der Waals surface area contributed by atoms with Gasteiger partial charge in [-0.25, -0.2) is 0 Å². The standard InChI is InChI=1S/C11H21N3O.HI/c1-11(6-3-7-15-11)8-13-10(12)14(2)9-4-5-9;/h9H,3-8H2,1-2H3,(H2,12,13);1H. The zero-order valence-electron chi connectivity index (χ0n) is 10.1. The van der Waals surface area contributed by atoms with Crippen molar-refractivity contribution in [3.8, 4) is 0 Å². The summed E-state index contributed by atoms with van der Waals surface area (Å²) in [4.78, 5) is 6.52. The van der Waals surface area contributed by atoms with E-state index in [1.54, 1.807) is 0 Å². The van der Waals surface area contributed by atoms with Gasteiger partial charge in [0.15, 0.2) is 5.96 Å². The number of halogens is 1. The quantitative estimate of drug-likeness (QED) is 0.483. The highest BCUT2D eigenvalue weighted by Crippen LogP contribution is 2.27. The molecule has 1 atom stereocenters. The predicted octanol–water partition coefficient (Wildman–Crippen LogP) is 1.58. The van der Waals surface area contributed by atoms with E-state index in [-0.39, 0.29) is 29.6 Å². The number of nitrogens with zero attached hydrogens (tertiary/aromatic N) is 2. The van der Waals surface area contributed by atoms with Gasteiger partial charge in [-0.1, -0.05) is 0 Å². The molecule has 1 heterocycles. The minimum absolute atomic E-state index is 0. The number of hydrogen-bond acceptors (Lipinski definition) is 2. The van der Waals surface area contributed by atoms with Gasteiger partial charge in [0.25, 0.3) is 0 Å². The van der Waals surface area contributed by atoms with E-state index in [1.807, 2.05) is 7.05 Å². The van der Waals surface area contributed by atoms with E-state index in [4.69, 9.17) is 10.5 Å². The van der Waals surface area contributed by atoms with Gasteiger partial charge >= 0.3 is 0 Å². The van der Waals surface area contributed by atoms with E-state index in [9.17, 15) is 0 Å². The van der Waals surface area contributed by atoms with Crippen molar-refractivity contribution in [2.45, 2.75) is 44.2 Å². The normalized spacial score (nSPS) is 30.0. The highest BCUT2D eigenvalue weighted by atomic mass is 127. The summed E-state index contributed by atoms with van der Waals surface area (Å²) in [5.74, 6) is 0.661. The van der Waals surface area contributed by atoms with Gasteiger partial charge in [0, 0.05) is 19.7 Å². The van der Waals surface area contributed by atoms with Crippen molar-refractivity contribution in [2.24, 2.45) is 10.7 Å². The fourth-order valence-electron chi connectivity index (χ4n) is 1.97. The van der Waals surface area contributed by atoms with Crippen molar-refractivity contribution in [2.75, 3.05) is 20.2 Å². The fourth-order valence-corrected chi connectivity index (χ4v) is 1.97. The van der Waals surface area contributed by atoms with Gasteiger partial charge in [0.05, 0.1) is 12.1 Å². The maximum Gasteiger partial charge on any atom is 0.191 e. The van der Waals surface area contributed by atoms with E-state index in [0.717, 1.165) is 19.4 Å².